The summed E-state index contributed by atoms with van der Waals surface area (Å²) in [6.45, 7) is 4.97. The van der Waals surface area contributed by atoms with Crippen molar-refractivity contribution in [2.45, 2.75) is 19.3 Å². The van der Waals surface area contributed by atoms with Gasteiger partial charge in [0.25, 0.3) is 0 Å². The molecule has 1 amide bonds. The first kappa shape index (κ1) is 16.4. The second-order valence-electron chi connectivity index (χ2n) is 5.73. The van der Waals surface area contributed by atoms with E-state index in [1.807, 2.05) is 37.3 Å². The highest BCUT2D eigenvalue weighted by atomic mass is 16.5. The number of carbonyl (C=O) groups is 1. The Morgan fingerprint density at radius 3 is 2.50 bits per heavy atom. The molecular weight excluding hydrogens is 304 g/mol. The van der Waals surface area contributed by atoms with Gasteiger partial charge in [0, 0.05) is 13.1 Å². The van der Waals surface area contributed by atoms with Crippen LogP contribution in [0, 0.1) is 0 Å². The normalized spacial score (nSPS) is 15.8. The molecule has 1 N–H and O–H groups in total. The van der Waals surface area contributed by atoms with Crippen molar-refractivity contribution >= 4 is 17.5 Å². The molecule has 6 heteroatoms. The van der Waals surface area contributed by atoms with Gasteiger partial charge in [-0.05, 0) is 12.0 Å². The van der Waals surface area contributed by atoms with Crippen LogP contribution in [0.25, 0.3) is 0 Å². The predicted molar refractivity (Wildman–Crippen MR) is 93.2 cm³/mol. The van der Waals surface area contributed by atoms with Gasteiger partial charge in [0.05, 0.1) is 37.2 Å². The van der Waals surface area contributed by atoms with Crippen LogP contribution in [0.2, 0.25) is 0 Å². The quantitative estimate of drug-likeness (QED) is 0.914. The Morgan fingerprint density at radius 1 is 1.21 bits per heavy atom. The topological polar surface area (TPSA) is 67.4 Å². The smallest absolute Gasteiger partial charge is 0.231 e. The van der Waals surface area contributed by atoms with Gasteiger partial charge < -0.3 is 15.0 Å². The zero-order chi connectivity index (χ0) is 16.8. The van der Waals surface area contributed by atoms with Crippen molar-refractivity contribution in [3.05, 3.63) is 48.3 Å². The maximum absolute atomic E-state index is 12.5. The molecule has 1 aliphatic rings. The van der Waals surface area contributed by atoms with Crippen LogP contribution in [0.1, 0.15) is 24.8 Å². The Labute approximate surface area is 141 Å². The highest BCUT2D eigenvalue weighted by Crippen LogP contribution is 2.21. The maximum atomic E-state index is 12.5. The van der Waals surface area contributed by atoms with Gasteiger partial charge in [-0.3, -0.25) is 4.79 Å². The first-order valence-corrected chi connectivity index (χ1v) is 8.28. The lowest BCUT2D eigenvalue weighted by atomic mass is 9.95. The van der Waals surface area contributed by atoms with Crippen LogP contribution in [0.15, 0.2) is 42.7 Å². The Kier molecular flexibility index (Phi) is 5.38. The summed E-state index contributed by atoms with van der Waals surface area (Å²) >= 11 is 0. The Morgan fingerprint density at radius 2 is 1.88 bits per heavy atom. The van der Waals surface area contributed by atoms with Crippen molar-refractivity contribution in [1.29, 1.82) is 0 Å². The number of nitrogens with one attached hydrogen (secondary N) is 1. The van der Waals surface area contributed by atoms with Crippen molar-refractivity contribution in [3.8, 4) is 0 Å². The molecule has 1 atom stereocenters. The molecule has 0 radical (unpaired) electrons. The molecule has 0 aliphatic carbocycles. The van der Waals surface area contributed by atoms with Crippen LogP contribution in [0.4, 0.5) is 11.6 Å². The van der Waals surface area contributed by atoms with Gasteiger partial charge in [-0.15, -0.1) is 0 Å². The van der Waals surface area contributed by atoms with Crippen molar-refractivity contribution < 1.29 is 9.53 Å². The SMILES string of the molecule is CCC(C(=O)Nc1cnc(N2CCOCC2)nc1)c1ccccc1. The molecule has 126 valence electrons. The van der Waals surface area contributed by atoms with Crippen molar-refractivity contribution in [1.82, 2.24) is 9.97 Å². The minimum atomic E-state index is -0.176. The molecule has 0 bridgehead atoms. The summed E-state index contributed by atoms with van der Waals surface area (Å²) in [5, 5.41) is 2.91. The lowest BCUT2D eigenvalue weighted by molar-refractivity contribution is -0.117. The molecule has 24 heavy (non-hydrogen) atoms. The summed E-state index contributed by atoms with van der Waals surface area (Å²) in [5.74, 6) is 0.461. The van der Waals surface area contributed by atoms with Crippen molar-refractivity contribution in [2.24, 2.45) is 0 Å². The number of aromatic nitrogens is 2. The average Bonchev–Trinajstić information content (AvgIpc) is 2.64. The number of hydrogen-bond donors (Lipinski definition) is 1. The van der Waals surface area contributed by atoms with E-state index in [0.717, 1.165) is 25.1 Å². The highest BCUT2D eigenvalue weighted by Gasteiger charge is 2.19. The van der Waals surface area contributed by atoms with Crippen LogP contribution in [-0.4, -0.2) is 42.2 Å². The number of anilines is 2. The monoisotopic (exact) mass is 326 g/mol. The number of rotatable bonds is 5. The molecule has 3 rings (SSSR count). The third-order valence-corrected chi connectivity index (χ3v) is 4.13. The summed E-state index contributed by atoms with van der Waals surface area (Å²) in [6, 6.07) is 9.81. The molecule has 1 fully saturated rings. The van der Waals surface area contributed by atoms with Crippen LogP contribution < -0.4 is 10.2 Å². The zero-order valence-electron chi connectivity index (χ0n) is 13.8. The summed E-state index contributed by atoms with van der Waals surface area (Å²) in [5.41, 5.74) is 1.63. The van der Waals surface area contributed by atoms with Crippen LogP contribution in [-0.2, 0) is 9.53 Å². The van der Waals surface area contributed by atoms with Gasteiger partial charge >= 0.3 is 0 Å². The van der Waals surface area contributed by atoms with Crippen LogP contribution in [0.5, 0.6) is 0 Å². The van der Waals surface area contributed by atoms with Gasteiger partial charge in [0.1, 0.15) is 0 Å². The first-order valence-electron chi connectivity index (χ1n) is 8.28. The van der Waals surface area contributed by atoms with E-state index in [2.05, 4.69) is 20.2 Å². The van der Waals surface area contributed by atoms with Gasteiger partial charge in [0.2, 0.25) is 11.9 Å². The zero-order valence-corrected chi connectivity index (χ0v) is 13.8. The van der Waals surface area contributed by atoms with E-state index in [1.165, 1.54) is 0 Å². The molecule has 1 aliphatic heterocycles. The molecule has 1 aromatic carbocycles. The molecule has 2 aromatic rings. The summed E-state index contributed by atoms with van der Waals surface area (Å²) < 4.78 is 5.32. The second-order valence-corrected chi connectivity index (χ2v) is 5.73. The van der Waals surface area contributed by atoms with Crippen LogP contribution >= 0.6 is 0 Å². The summed E-state index contributed by atoms with van der Waals surface area (Å²) in [4.78, 5) is 23.3. The van der Waals surface area contributed by atoms with E-state index in [9.17, 15) is 4.79 Å². The largest absolute Gasteiger partial charge is 0.378 e. The first-order chi connectivity index (χ1) is 11.8. The van der Waals surface area contributed by atoms with Crippen molar-refractivity contribution in [3.63, 3.8) is 0 Å². The fourth-order valence-corrected chi connectivity index (χ4v) is 2.80. The molecule has 1 unspecified atom stereocenters. The van der Waals surface area contributed by atoms with E-state index >= 15 is 0 Å². The number of amides is 1. The number of morpholine rings is 1. The van der Waals surface area contributed by atoms with E-state index in [-0.39, 0.29) is 11.8 Å². The Balaban J connectivity index is 1.65. The number of nitrogens with zero attached hydrogens (tertiary/aromatic N) is 3. The van der Waals surface area contributed by atoms with Crippen molar-refractivity contribution in [2.75, 3.05) is 36.5 Å². The lowest BCUT2D eigenvalue weighted by Gasteiger charge is -2.26. The van der Waals surface area contributed by atoms with Gasteiger partial charge in [0.15, 0.2) is 0 Å². The molecule has 6 nitrogen and oxygen atoms in total. The molecule has 1 saturated heterocycles. The molecule has 0 spiro atoms. The minimum absolute atomic E-state index is 0.0357. The fourth-order valence-electron chi connectivity index (χ4n) is 2.80. The van der Waals surface area contributed by atoms with E-state index < -0.39 is 0 Å². The third-order valence-electron chi connectivity index (χ3n) is 4.13. The molecule has 0 saturated carbocycles. The third kappa shape index (κ3) is 3.89. The van der Waals surface area contributed by atoms with Gasteiger partial charge in [-0.2, -0.15) is 0 Å². The van der Waals surface area contributed by atoms with E-state index in [0.29, 0.717) is 24.8 Å². The van der Waals surface area contributed by atoms with E-state index in [1.54, 1.807) is 12.4 Å². The van der Waals surface area contributed by atoms with Crippen LogP contribution in [0.3, 0.4) is 0 Å². The minimum Gasteiger partial charge on any atom is -0.378 e. The molecule has 2 heterocycles. The lowest BCUT2D eigenvalue weighted by Crippen LogP contribution is -2.37. The standard InChI is InChI=1S/C18H22N4O2/c1-2-16(14-6-4-3-5-7-14)17(23)21-15-12-19-18(20-13-15)22-8-10-24-11-9-22/h3-7,12-13,16H,2,8-11H2,1H3,(H,21,23). The van der Waals surface area contributed by atoms with Gasteiger partial charge in [-0.25, -0.2) is 9.97 Å². The highest BCUT2D eigenvalue weighted by molar-refractivity contribution is 5.95. The van der Waals surface area contributed by atoms with Gasteiger partial charge in [-0.1, -0.05) is 37.3 Å². The average molecular weight is 326 g/mol. The van der Waals surface area contributed by atoms with E-state index in [4.69, 9.17) is 4.74 Å². The predicted octanol–water partition coefficient (Wildman–Crippen LogP) is 2.45. The fraction of sp³-hybridized carbons (Fsp3) is 0.389. The summed E-state index contributed by atoms with van der Waals surface area (Å²) in [7, 11) is 0. The number of carbonyl (C=O) groups excluding carboxylic acids is 1. The number of ether oxygens (including phenoxy) is 1. The number of benzene rings is 1. The summed E-state index contributed by atoms with van der Waals surface area (Å²) in [6.07, 6.45) is 4.06. The maximum Gasteiger partial charge on any atom is 0.231 e. The molecule has 1 aromatic heterocycles. The Hall–Kier alpha value is -2.47. The number of hydrogen-bond acceptors (Lipinski definition) is 5. The Bertz CT molecular complexity index is 654. The molecular formula is C18H22N4O2. The second kappa shape index (κ2) is 7.88.